The van der Waals surface area contributed by atoms with Gasteiger partial charge in [0, 0.05) is 6.61 Å². The number of nitrogens with two attached hydrogens (primary N) is 1. The summed E-state index contributed by atoms with van der Waals surface area (Å²) in [4.78, 5) is 0. The largest absolute Gasteiger partial charge is 0.373 e. The lowest BCUT2D eigenvalue weighted by Crippen LogP contribution is -2.51. The van der Waals surface area contributed by atoms with Gasteiger partial charge in [-0.1, -0.05) is 31.9 Å². The first-order valence-corrected chi connectivity index (χ1v) is 7.47. The van der Waals surface area contributed by atoms with Crippen LogP contribution in [0.2, 0.25) is 0 Å². The van der Waals surface area contributed by atoms with E-state index in [9.17, 15) is 4.39 Å². The fourth-order valence-corrected chi connectivity index (χ4v) is 3.55. The molecule has 0 aliphatic heterocycles. The van der Waals surface area contributed by atoms with Crippen LogP contribution in [0.4, 0.5) is 4.39 Å². The normalized spacial score (nSPS) is 28.3. The number of hydrogen-bond donors (Lipinski definition) is 2. The zero-order valence-electron chi connectivity index (χ0n) is 12.4. The molecule has 1 aromatic carbocycles. The van der Waals surface area contributed by atoms with Crippen LogP contribution in [0.5, 0.6) is 0 Å². The molecule has 112 valence electrons. The molecule has 3 N–H and O–H groups in total. The molecule has 1 aliphatic carbocycles. The van der Waals surface area contributed by atoms with Gasteiger partial charge in [-0.3, -0.25) is 11.3 Å². The monoisotopic (exact) mass is 280 g/mol. The quantitative estimate of drug-likeness (QED) is 0.642. The van der Waals surface area contributed by atoms with E-state index in [2.05, 4.69) is 12.3 Å². The lowest BCUT2D eigenvalue weighted by Gasteiger charge is -2.45. The van der Waals surface area contributed by atoms with Crippen molar-refractivity contribution in [2.24, 2.45) is 11.8 Å². The molecule has 20 heavy (non-hydrogen) atoms. The second-order valence-corrected chi connectivity index (χ2v) is 5.85. The molecule has 1 aliphatic rings. The standard InChI is InChI=1S/C16H25FN2O/c1-3-20-16(9-5-6-12(2)11-16)15(19-18)13-7-4-8-14(17)10-13/h4,7-8,10,12,15,19H,3,5-6,9,11,18H2,1-2H3. The average Bonchev–Trinajstić information content (AvgIpc) is 2.39. The van der Waals surface area contributed by atoms with E-state index in [1.807, 2.05) is 13.0 Å². The Labute approximate surface area is 120 Å². The van der Waals surface area contributed by atoms with Crippen molar-refractivity contribution in [3.63, 3.8) is 0 Å². The molecule has 4 heteroatoms. The summed E-state index contributed by atoms with van der Waals surface area (Å²) in [5, 5.41) is 0. The van der Waals surface area contributed by atoms with Gasteiger partial charge in [-0.05, 0) is 43.4 Å². The molecule has 0 spiro atoms. The Balaban J connectivity index is 2.34. The van der Waals surface area contributed by atoms with Gasteiger partial charge >= 0.3 is 0 Å². The van der Waals surface area contributed by atoms with Crippen molar-refractivity contribution in [3.8, 4) is 0 Å². The van der Waals surface area contributed by atoms with Crippen molar-refractivity contribution >= 4 is 0 Å². The second kappa shape index (κ2) is 6.66. The Bertz CT molecular complexity index is 436. The van der Waals surface area contributed by atoms with Gasteiger partial charge in [-0.25, -0.2) is 4.39 Å². The van der Waals surface area contributed by atoms with E-state index < -0.39 is 0 Å². The molecular weight excluding hydrogens is 255 g/mol. The molecule has 0 bridgehead atoms. The van der Waals surface area contributed by atoms with Gasteiger partial charge in [0.1, 0.15) is 5.82 Å². The number of hydrogen-bond acceptors (Lipinski definition) is 3. The molecule has 1 aromatic rings. The Morgan fingerprint density at radius 1 is 1.55 bits per heavy atom. The van der Waals surface area contributed by atoms with Crippen LogP contribution < -0.4 is 11.3 Å². The predicted octanol–water partition coefficient (Wildman–Crippen LogP) is 3.32. The van der Waals surface area contributed by atoms with E-state index in [1.165, 1.54) is 12.5 Å². The number of halogens is 1. The topological polar surface area (TPSA) is 47.3 Å². The fraction of sp³-hybridized carbons (Fsp3) is 0.625. The Hall–Kier alpha value is -0.970. The van der Waals surface area contributed by atoms with Crippen molar-refractivity contribution in [1.29, 1.82) is 0 Å². The smallest absolute Gasteiger partial charge is 0.123 e. The predicted molar refractivity (Wildman–Crippen MR) is 78.5 cm³/mol. The van der Waals surface area contributed by atoms with E-state index in [4.69, 9.17) is 10.6 Å². The first-order valence-electron chi connectivity index (χ1n) is 7.47. The van der Waals surface area contributed by atoms with E-state index in [1.54, 1.807) is 12.1 Å². The Morgan fingerprint density at radius 3 is 2.95 bits per heavy atom. The highest BCUT2D eigenvalue weighted by molar-refractivity contribution is 5.24. The van der Waals surface area contributed by atoms with Crippen molar-refractivity contribution in [1.82, 2.24) is 5.43 Å². The van der Waals surface area contributed by atoms with Crippen molar-refractivity contribution < 1.29 is 9.13 Å². The Morgan fingerprint density at radius 2 is 2.35 bits per heavy atom. The van der Waals surface area contributed by atoms with Crippen molar-refractivity contribution in [2.45, 2.75) is 51.2 Å². The zero-order valence-corrected chi connectivity index (χ0v) is 12.4. The lowest BCUT2D eigenvalue weighted by molar-refractivity contribution is -0.102. The molecule has 3 nitrogen and oxygen atoms in total. The van der Waals surface area contributed by atoms with E-state index in [0.717, 1.165) is 24.8 Å². The maximum absolute atomic E-state index is 13.5. The minimum Gasteiger partial charge on any atom is -0.373 e. The SMILES string of the molecule is CCOC1(C(NN)c2cccc(F)c2)CCCC(C)C1. The van der Waals surface area contributed by atoms with Crippen LogP contribution in [-0.2, 0) is 4.74 Å². The van der Waals surface area contributed by atoms with Crippen LogP contribution in [0.3, 0.4) is 0 Å². The third kappa shape index (κ3) is 3.19. The van der Waals surface area contributed by atoms with Crippen LogP contribution in [0.15, 0.2) is 24.3 Å². The summed E-state index contributed by atoms with van der Waals surface area (Å²) in [5.74, 6) is 6.15. The van der Waals surface area contributed by atoms with Crippen LogP contribution in [0.25, 0.3) is 0 Å². The lowest BCUT2D eigenvalue weighted by atomic mass is 9.73. The van der Waals surface area contributed by atoms with E-state index >= 15 is 0 Å². The average molecular weight is 280 g/mol. The molecule has 0 saturated heterocycles. The molecule has 0 amide bonds. The summed E-state index contributed by atoms with van der Waals surface area (Å²) in [6, 6.07) is 6.45. The minimum absolute atomic E-state index is 0.180. The maximum atomic E-state index is 13.5. The molecule has 1 saturated carbocycles. The first-order chi connectivity index (χ1) is 9.61. The second-order valence-electron chi connectivity index (χ2n) is 5.85. The molecular formula is C16H25FN2O. The highest BCUT2D eigenvalue weighted by Gasteiger charge is 2.43. The summed E-state index contributed by atoms with van der Waals surface area (Å²) in [5.41, 5.74) is 3.39. The van der Waals surface area contributed by atoms with Crippen LogP contribution >= 0.6 is 0 Å². The minimum atomic E-state index is -0.338. The van der Waals surface area contributed by atoms with Gasteiger partial charge in [-0.15, -0.1) is 0 Å². The van der Waals surface area contributed by atoms with Crippen molar-refractivity contribution in [2.75, 3.05) is 6.61 Å². The number of rotatable bonds is 5. The summed E-state index contributed by atoms with van der Waals surface area (Å²) < 4.78 is 19.6. The van der Waals surface area contributed by atoms with Crippen LogP contribution in [-0.4, -0.2) is 12.2 Å². The molecule has 0 heterocycles. The van der Waals surface area contributed by atoms with E-state index in [-0.39, 0.29) is 17.5 Å². The summed E-state index contributed by atoms with van der Waals surface area (Å²) in [6.45, 7) is 4.88. The molecule has 3 atom stereocenters. The fourth-order valence-electron chi connectivity index (χ4n) is 3.55. The van der Waals surface area contributed by atoms with Crippen LogP contribution in [0, 0.1) is 11.7 Å². The Kier molecular flexibility index (Phi) is 5.13. The maximum Gasteiger partial charge on any atom is 0.123 e. The van der Waals surface area contributed by atoms with Gasteiger partial charge < -0.3 is 4.74 Å². The molecule has 1 fully saturated rings. The van der Waals surface area contributed by atoms with Gasteiger partial charge in [0.2, 0.25) is 0 Å². The van der Waals surface area contributed by atoms with Crippen molar-refractivity contribution in [3.05, 3.63) is 35.6 Å². The molecule has 0 aromatic heterocycles. The highest BCUT2D eigenvalue weighted by atomic mass is 19.1. The van der Waals surface area contributed by atoms with Gasteiger partial charge in [-0.2, -0.15) is 0 Å². The van der Waals surface area contributed by atoms with Gasteiger partial charge in [0.15, 0.2) is 0 Å². The zero-order chi connectivity index (χ0) is 14.6. The number of hydrazine groups is 1. The van der Waals surface area contributed by atoms with Crippen LogP contribution in [0.1, 0.15) is 51.1 Å². The third-order valence-electron chi connectivity index (χ3n) is 4.30. The van der Waals surface area contributed by atoms with Gasteiger partial charge in [0.25, 0.3) is 0 Å². The first kappa shape index (κ1) is 15.4. The summed E-state index contributed by atoms with van der Waals surface area (Å²) in [7, 11) is 0. The summed E-state index contributed by atoms with van der Waals surface area (Å²) in [6.07, 6.45) is 4.24. The highest BCUT2D eigenvalue weighted by Crippen LogP contribution is 2.43. The molecule has 3 unspecified atom stereocenters. The molecule has 0 radical (unpaired) electrons. The number of nitrogens with one attached hydrogen (secondary N) is 1. The summed E-state index contributed by atoms with van der Waals surface area (Å²) >= 11 is 0. The van der Waals surface area contributed by atoms with E-state index in [0.29, 0.717) is 12.5 Å². The number of benzene rings is 1. The third-order valence-corrected chi connectivity index (χ3v) is 4.30. The molecule has 2 rings (SSSR count). The number of ether oxygens (including phenoxy) is 1. The van der Waals surface area contributed by atoms with Gasteiger partial charge in [0.05, 0.1) is 11.6 Å².